The van der Waals surface area contributed by atoms with Gasteiger partial charge in [0.2, 0.25) is 0 Å². The Labute approximate surface area is 107 Å². The molecule has 0 aliphatic carbocycles. The molecule has 1 atom stereocenters. The summed E-state index contributed by atoms with van der Waals surface area (Å²) < 4.78 is 10.5. The number of carbonyl (C=O) groups excluding carboxylic acids is 1. The lowest BCUT2D eigenvalue weighted by Crippen LogP contribution is -2.36. The van der Waals surface area contributed by atoms with Crippen LogP contribution in [0.25, 0.3) is 0 Å². The summed E-state index contributed by atoms with van der Waals surface area (Å²) in [6.45, 7) is 8.18. The van der Waals surface area contributed by atoms with Gasteiger partial charge in [-0.25, -0.2) is 4.79 Å². The number of nitrogens with zero attached hydrogens (tertiary/aromatic N) is 2. The third-order valence-corrected chi connectivity index (χ3v) is 2.87. The average Bonchev–Trinajstić information content (AvgIpc) is 2.81. The van der Waals surface area contributed by atoms with E-state index in [0.717, 1.165) is 24.3 Å². The fraction of sp³-hybridized carbons (Fsp3) is 0.692. The van der Waals surface area contributed by atoms with Gasteiger partial charge in [0, 0.05) is 12.6 Å². The Morgan fingerprint density at radius 1 is 1.56 bits per heavy atom. The fourth-order valence-corrected chi connectivity index (χ4v) is 2.16. The molecule has 1 aromatic heterocycles. The Balaban J connectivity index is 2.10. The number of aryl methyl sites for hydroxylation is 1. The summed E-state index contributed by atoms with van der Waals surface area (Å²) in [5, 5.41) is 4.00. The number of likely N-dealkylation sites (tertiary alicyclic amines) is 1. The van der Waals surface area contributed by atoms with E-state index in [-0.39, 0.29) is 12.1 Å². The SMILES string of the molecule is Cc1cc(C2CCCN2C(=O)OC(C)(C)C)no1. The van der Waals surface area contributed by atoms with Crippen molar-refractivity contribution in [2.24, 2.45) is 0 Å². The highest BCUT2D eigenvalue weighted by Gasteiger charge is 2.34. The predicted molar refractivity (Wildman–Crippen MR) is 66.2 cm³/mol. The van der Waals surface area contributed by atoms with Crippen LogP contribution >= 0.6 is 0 Å². The summed E-state index contributed by atoms with van der Waals surface area (Å²) in [6.07, 6.45) is 1.60. The zero-order valence-electron chi connectivity index (χ0n) is 11.4. The summed E-state index contributed by atoms with van der Waals surface area (Å²) in [4.78, 5) is 13.8. The predicted octanol–water partition coefficient (Wildman–Crippen LogP) is 3.06. The molecule has 0 N–H and O–H groups in total. The fourth-order valence-electron chi connectivity index (χ4n) is 2.16. The first kappa shape index (κ1) is 12.9. The molecule has 0 bridgehead atoms. The van der Waals surface area contributed by atoms with Crippen molar-refractivity contribution in [3.05, 3.63) is 17.5 Å². The second-order valence-corrected chi connectivity index (χ2v) is 5.69. The van der Waals surface area contributed by atoms with E-state index in [0.29, 0.717) is 6.54 Å². The molecule has 1 unspecified atom stereocenters. The number of hydrogen-bond acceptors (Lipinski definition) is 4. The minimum atomic E-state index is -0.468. The molecule has 1 aromatic rings. The maximum Gasteiger partial charge on any atom is 0.410 e. The summed E-state index contributed by atoms with van der Waals surface area (Å²) in [5.74, 6) is 0.765. The van der Waals surface area contributed by atoms with Crippen LogP contribution in [-0.2, 0) is 4.74 Å². The third-order valence-electron chi connectivity index (χ3n) is 2.87. The summed E-state index contributed by atoms with van der Waals surface area (Å²) in [6, 6.07) is 1.87. The van der Waals surface area contributed by atoms with Gasteiger partial charge in [0.05, 0.1) is 6.04 Å². The molecular weight excluding hydrogens is 232 g/mol. The van der Waals surface area contributed by atoms with Crippen LogP contribution in [-0.4, -0.2) is 28.3 Å². The highest BCUT2D eigenvalue weighted by molar-refractivity contribution is 5.69. The maximum atomic E-state index is 12.1. The van der Waals surface area contributed by atoms with Gasteiger partial charge in [-0.3, -0.25) is 4.90 Å². The summed E-state index contributed by atoms with van der Waals surface area (Å²) in [7, 11) is 0. The summed E-state index contributed by atoms with van der Waals surface area (Å²) in [5.41, 5.74) is 0.347. The van der Waals surface area contributed by atoms with Crippen LogP contribution in [0.2, 0.25) is 0 Å². The van der Waals surface area contributed by atoms with E-state index in [9.17, 15) is 4.79 Å². The number of ether oxygens (including phenoxy) is 1. The first-order valence-corrected chi connectivity index (χ1v) is 6.29. The molecule has 18 heavy (non-hydrogen) atoms. The minimum absolute atomic E-state index is 0.0164. The van der Waals surface area contributed by atoms with Crippen molar-refractivity contribution in [3.8, 4) is 0 Å². The third kappa shape index (κ3) is 2.83. The zero-order chi connectivity index (χ0) is 13.3. The smallest absolute Gasteiger partial charge is 0.410 e. The van der Waals surface area contributed by atoms with Gasteiger partial charge in [-0.2, -0.15) is 0 Å². The molecule has 0 saturated carbocycles. The van der Waals surface area contributed by atoms with Gasteiger partial charge in [0.1, 0.15) is 17.1 Å². The van der Waals surface area contributed by atoms with E-state index in [1.165, 1.54) is 0 Å². The Kier molecular flexibility index (Phi) is 3.32. The van der Waals surface area contributed by atoms with Gasteiger partial charge in [-0.05, 0) is 40.5 Å². The summed E-state index contributed by atoms with van der Waals surface area (Å²) >= 11 is 0. The Morgan fingerprint density at radius 2 is 2.28 bits per heavy atom. The van der Waals surface area contributed by atoms with Crippen molar-refractivity contribution >= 4 is 6.09 Å². The molecule has 0 radical (unpaired) electrons. The number of carbonyl (C=O) groups is 1. The highest BCUT2D eigenvalue weighted by atomic mass is 16.6. The second-order valence-electron chi connectivity index (χ2n) is 5.69. The zero-order valence-corrected chi connectivity index (χ0v) is 11.4. The van der Waals surface area contributed by atoms with E-state index in [2.05, 4.69) is 5.16 Å². The van der Waals surface area contributed by atoms with Crippen molar-refractivity contribution in [1.82, 2.24) is 10.1 Å². The van der Waals surface area contributed by atoms with E-state index in [1.54, 1.807) is 4.90 Å². The minimum Gasteiger partial charge on any atom is -0.444 e. The molecule has 1 saturated heterocycles. The molecular formula is C13H20N2O3. The van der Waals surface area contributed by atoms with Crippen molar-refractivity contribution in [1.29, 1.82) is 0 Å². The lowest BCUT2D eigenvalue weighted by atomic mass is 10.1. The molecule has 1 aliphatic heterocycles. The molecule has 5 heteroatoms. The van der Waals surface area contributed by atoms with Gasteiger partial charge in [-0.1, -0.05) is 5.16 Å². The van der Waals surface area contributed by atoms with Gasteiger partial charge < -0.3 is 9.26 Å². The molecule has 1 fully saturated rings. The molecule has 0 spiro atoms. The molecule has 100 valence electrons. The van der Waals surface area contributed by atoms with E-state index in [4.69, 9.17) is 9.26 Å². The lowest BCUT2D eigenvalue weighted by Gasteiger charge is -2.27. The molecule has 5 nitrogen and oxygen atoms in total. The maximum absolute atomic E-state index is 12.1. The van der Waals surface area contributed by atoms with Crippen molar-refractivity contribution in [2.45, 2.75) is 52.2 Å². The average molecular weight is 252 g/mol. The van der Waals surface area contributed by atoms with Gasteiger partial charge in [-0.15, -0.1) is 0 Å². The van der Waals surface area contributed by atoms with E-state index in [1.807, 2.05) is 33.8 Å². The number of aromatic nitrogens is 1. The van der Waals surface area contributed by atoms with Gasteiger partial charge in [0.15, 0.2) is 0 Å². The molecule has 1 aliphatic rings. The molecule has 1 amide bonds. The standard InChI is InChI=1S/C13H20N2O3/c1-9-8-10(14-18-9)11-6-5-7-15(11)12(16)17-13(2,3)4/h8,11H,5-7H2,1-4H3. The van der Waals surface area contributed by atoms with Gasteiger partial charge in [0.25, 0.3) is 0 Å². The van der Waals surface area contributed by atoms with E-state index >= 15 is 0 Å². The normalized spacial score (nSPS) is 20.2. The Hall–Kier alpha value is -1.52. The molecule has 2 rings (SSSR count). The van der Waals surface area contributed by atoms with Gasteiger partial charge >= 0.3 is 6.09 Å². The van der Waals surface area contributed by atoms with E-state index < -0.39 is 5.60 Å². The van der Waals surface area contributed by atoms with Crippen molar-refractivity contribution < 1.29 is 14.1 Å². The second kappa shape index (κ2) is 4.63. The van der Waals surface area contributed by atoms with Crippen LogP contribution in [0.3, 0.4) is 0 Å². The number of hydrogen-bond donors (Lipinski definition) is 0. The Bertz CT molecular complexity index is 434. The van der Waals surface area contributed by atoms with Crippen LogP contribution in [0.4, 0.5) is 4.79 Å². The van der Waals surface area contributed by atoms with Crippen LogP contribution in [0, 0.1) is 6.92 Å². The number of amides is 1. The van der Waals surface area contributed by atoms with Crippen molar-refractivity contribution in [3.63, 3.8) is 0 Å². The van der Waals surface area contributed by atoms with Crippen molar-refractivity contribution in [2.75, 3.05) is 6.54 Å². The monoisotopic (exact) mass is 252 g/mol. The van der Waals surface area contributed by atoms with Crippen LogP contribution in [0.15, 0.2) is 10.6 Å². The highest BCUT2D eigenvalue weighted by Crippen LogP contribution is 2.32. The number of rotatable bonds is 1. The van der Waals surface area contributed by atoms with Crippen LogP contribution in [0.1, 0.15) is 51.1 Å². The lowest BCUT2D eigenvalue weighted by molar-refractivity contribution is 0.0219. The topological polar surface area (TPSA) is 55.6 Å². The first-order chi connectivity index (χ1) is 8.37. The van der Waals surface area contributed by atoms with Crippen LogP contribution < -0.4 is 0 Å². The quantitative estimate of drug-likeness (QED) is 0.770. The Morgan fingerprint density at radius 3 is 2.83 bits per heavy atom. The largest absolute Gasteiger partial charge is 0.444 e. The molecule has 2 heterocycles. The first-order valence-electron chi connectivity index (χ1n) is 6.29. The molecule has 0 aromatic carbocycles. The van der Waals surface area contributed by atoms with Crippen LogP contribution in [0.5, 0.6) is 0 Å².